The minimum Gasteiger partial charge on any atom is -0.406 e. The van der Waals surface area contributed by atoms with Crippen LogP contribution >= 0.6 is 11.8 Å². The Morgan fingerprint density at radius 3 is 2.42 bits per heavy atom. The largest absolute Gasteiger partial charge is 0.573 e. The Labute approximate surface area is 179 Å². The van der Waals surface area contributed by atoms with Crippen LogP contribution in [0.3, 0.4) is 0 Å². The number of amides is 1. The maximum atomic E-state index is 12.4. The first kappa shape index (κ1) is 22.4. The third kappa shape index (κ3) is 6.88. The average molecular weight is 449 g/mol. The highest BCUT2D eigenvalue weighted by atomic mass is 32.2. The number of rotatable bonds is 7. The number of ether oxygens (including phenoxy) is 1. The lowest BCUT2D eigenvalue weighted by Crippen LogP contribution is -2.23. The number of H-pyrrole nitrogens is 1. The van der Waals surface area contributed by atoms with Gasteiger partial charge in [-0.05, 0) is 36.8 Å². The fourth-order valence-electron chi connectivity index (χ4n) is 2.69. The summed E-state index contributed by atoms with van der Waals surface area (Å²) in [6.07, 6.45) is -5.01. The number of hydrogen-bond acceptors (Lipinski definition) is 5. The number of thioether (sulfide) groups is 1. The monoisotopic (exact) mass is 449 g/mol. The van der Waals surface area contributed by atoms with Crippen molar-refractivity contribution in [1.82, 2.24) is 9.97 Å². The number of anilines is 1. The second kappa shape index (κ2) is 9.69. The summed E-state index contributed by atoms with van der Waals surface area (Å²) >= 11 is 1.38. The van der Waals surface area contributed by atoms with Gasteiger partial charge >= 0.3 is 6.36 Å². The fraction of sp³-hybridized carbons (Fsp3) is 0.190. The number of aromatic nitrogens is 2. The molecule has 0 spiro atoms. The van der Waals surface area contributed by atoms with Crippen LogP contribution in [0, 0.1) is 6.92 Å². The summed E-state index contributed by atoms with van der Waals surface area (Å²) in [5.74, 6) is -0.257. The van der Waals surface area contributed by atoms with Gasteiger partial charge in [-0.25, -0.2) is 4.98 Å². The molecule has 1 heterocycles. The third-order valence-corrected chi connectivity index (χ3v) is 5.07. The third-order valence-electron chi connectivity index (χ3n) is 4.13. The van der Waals surface area contributed by atoms with Crippen LogP contribution in [0.25, 0.3) is 0 Å². The van der Waals surface area contributed by atoms with Crippen LogP contribution in [-0.4, -0.2) is 22.2 Å². The van der Waals surface area contributed by atoms with E-state index in [-0.39, 0.29) is 17.7 Å². The number of nitrogens with zero attached hydrogens (tertiary/aromatic N) is 1. The molecule has 6 nitrogen and oxygen atoms in total. The van der Waals surface area contributed by atoms with E-state index >= 15 is 0 Å². The molecular weight excluding hydrogens is 431 g/mol. The van der Waals surface area contributed by atoms with Crippen molar-refractivity contribution in [3.05, 3.63) is 81.8 Å². The van der Waals surface area contributed by atoms with Crippen LogP contribution in [0.2, 0.25) is 0 Å². The van der Waals surface area contributed by atoms with Crippen LogP contribution in [0.1, 0.15) is 16.8 Å². The molecule has 0 atom stereocenters. The van der Waals surface area contributed by atoms with Gasteiger partial charge in [-0.3, -0.25) is 9.59 Å². The zero-order chi connectivity index (χ0) is 22.4. The van der Waals surface area contributed by atoms with Crippen molar-refractivity contribution >= 4 is 23.4 Å². The first-order chi connectivity index (χ1) is 14.7. The van der Waals surface area contributed by atoms with E-state index in [9.17, 15) is 22.8 Å². The molecule has 0 fully saturated rings. The maximum absolute atomic E-state index is 12.4. The highest BCUT2D eigenvalue weighted by Gasteiger charge is 2.31. The van der Waals surface area contributed by atoms with Gasteiger partial charge in [0.15, 0.2) is 5.16 Å². The minimum absolute atomic E-state index is 0.221. The predicted octanol–water partition coefficient (Wildman–Crippen LogP) is 4.45. The number of hydrogen-bond donors (Lipinski definition) is 2. The molecule has 1 amide bonds. The molecule has 3 aromatic rings. The highest BCUT2D eigenvalue weighted by molar-refractivity contribution is 7.98. The van der Waals surface area contributed by atoms with Crippen LogP contribution in [0.15, 0.2) is 64.5 Å². The molecule has 162 valence electrons. The Bertz CT molecular complexity index is 1100. The molecule has 0 saturated heterocycles. The van der Waals surface area contributed by atoms with Gasteiger partial charge < -0.3 is 15.0 Å². The lowest BCUT2D eigenvalue weighted by Gasteiger charge is -2.10. The number of halogens is 3. The number of aryl methyl sites for hydroxylation is 1. The van der Waals surface area contributed by atoms with Crippen molar-refractivity contribution in [2.45, 2.75) is 30.6 Å². The molecular formula is C21H18F3N3O3S. The number of benzene rings is 2. The average Bonchev–Trinajstić information content (AvgIpc) is 2.70. The summed E-state index contributed by atoms with van der Waals surface area (Å²) in [5.41, 5.74) is 1.61. The summed E-state index contributed by atoms with van der Waals surface area (Å²) in [6, 6.07) is 14.4. The van der Waals surface area contributed by atoms with Gasteiger partial charge in [0.25, 0.3) is 5.56 Å². The van der Waals surface area contributed by atoms with Gasteiger partial charge in [-0.1, -0.05) is 42.1 Å². The number of alkyl halides is 3. The molecule has 0 bridgehead atoms. The molecule has 0 aliphatic heterocycles. The molecule has 0 saturated carbocycles. The summed E-state index contributed by atoms with van der Waals surface area (Å²) in [5, 5.41) is 2.99. The van der Waals surface area contributed by atoms with Gasteiger partial charge in [-0.15, -0.1) is 13.2 Å². The molecule has 0 unspecified atom stereocenters. The molecule has 3 rings (SSSR count). The zero-order valence-corrected chi connectivity index (χ0v) is 17.1. The van der Waals surface area contributed by atoms with Crippen molar-refractivity contribution in [3.8, 4) is 5.75 Å². The topological polar surface area (TPSA) is 84.1 Å². The molecule has 0 aliphatic rings. The van der Waals surface area contributed by atoms with Gasteiger partial charge in [0.05, 0.1) is 6.42 Å². The molecule has 1 aromatic heterocycles. The van der Waals surface area contributed by atoms with E-state index in [1.54, 1.807) is 6.92 Å². The maximum Gasteiger partial charge on any atom is 0.573 e. The van der Waals surface area contributed by atoms with Crippen molar-refractivity contribution in [2.75, 3.05) is 5.32 Å². The number of carbonyl (C=O) groups excluding carboxylic acids is 1. The Kier molecular flexibility index (Phi) is 7.01. The summed E-state index contributed by atoms with van der Waals surface area (Å²) in [6.45, 7) is 1.65. The molecule has 0 radical (unpaired) electrons. The Morgan fingerprint density at radius 1 is 1.13 bits per heavy atom. The van der Waals surface area contributed by atoms with Crippen molar-refractivity contribution in [2.24, 2.45) is 0 Å². The van der Waals surface area contributed by atoms with Gasteiger partial charge in [-0.2, -0.15) is 0 Å². The lowest BCUT2D eigenvalue weighted by atomic mass is 10.1. The van der Waals surface area contributed by atoms with Crippen LogP contribution in [0.4, 0.5) is 18.9 Å². The summed E-state index contributed by atoms with van der Waals surface area (Å²) in [7, 11) is 0. The van der Waals surface area contributed by atoms with Crippen molar-refractivity contribution in [3.63, 3.8) is 0 Å². The Morgan fingerprint density at radius 2 is 1.81 bits per heavy atom. The van der Waals surface area contributed by atoms with E-state index in [4.69, 9.17) is 0 Å². The molecule has 2 aromatic carbocycles. The van der Waals surface area contributed by atoms with Crippen molar-refractivity contribution in [1.29, 1.82) is 0 Å². The van der Waals surface area contributed by atoms with E-state index < -0.39 is 23.6 Å². The standard InChI is InChI=1S/C21H18F3N3O3S/c1-13-17(19(29)27-20(25-13)31-12-14-5-3-2-4-6-14)11-18(28)26-15-7-9-16(10-8-15)30-21(22,23)24/h2-10H,11-12H2,1H3,(H,26,28)(H,25,27,29). The molecule has 0 aliphatic carbocycles. The first-order valence-corrected chi connectivity index (χ1v) is 10.1. The van der Waals surface area contributed by atoms with Crippen LogP contribution in [-0.2, 0) is 17.0 Å². The van der Waals surface area contributed by atoms with E-state index in [2.05, 4.69) is 20.0 Å². The van der Waals surface area contributed by atoms with Gasteiger partial charge in [0, 0.05) is 22.7 Å². The Balaban J connectivity index is 1.61. The molecule has 10 heteroatoms. The fourth-order valence-corrected chi connectivity index (χ4v) is 3.55. The zero-order valence-electron chi connectivity index (χ0n) is 16.3. The van der Waals surface area contributed by atoms with E-state index in [1.165, 1.54) is 23.9 Å². The van der Waals surface area contributed by atoms with Crippen molar-refractivity contribution < 1.29 is 22.7 Å². The number of aromatic amines is 1. The summed E-state index contributed by atoms with van der Waals surface area (Å²) < 4.78 is 40.4. The minimum atomic E-state index is -4.79. The molecule has 2 N–H and O–H groups in total. The second-order valence-electron chi connectivity index (χ2n) is 6.51. The molecule has 31 heavy (non-hydrogen) atoms. The smallest absolute Gasteiger partial charge is 0.406 e. The quantitative estimate of drug-likeness (QED) is 0.411. The lowest BCUT2D eigenvalue weighted by molar-refractivity contribution is -0.274. The normalized spacial score (nSPS) is 11.2. The second-order valence-corrected chi connectivity index (χ2v) is 7.47. The van der Waals surface area contributed by atoms with Crippen LogP contribution < -0.4 is 15.6 Å². The number of carbonyl (C=O) groups is 1. The summed E-state index contributed by atoms with van der Waals surface area (Å²) in [4.78, 5) is 31.8. The SMILES string of the molecule is Cc1nc(SCc2ccccc2)[nH]c(=O)c1CC(=O)Nc1ccc(OC(F)(F)F)cc1. The predicted molar refractivity (Wildman–Crippen MR) is 111 cm³/mol. The first-order valence-electron chi connectivity index (χ1n) is 9.12. The number of nitrogens with one attached hydrogen (secondary N) is 2. The van der Waals surface area contributed by atoms with E-state index in [1.807, 2.05) is 30.3 Å². The van der Waals surface area contributed by atoms with Gasteiger partial charge in [0.1, 0.15) is 5.75 Å². The van der Waals surface area contributed by atoms with Crippen LogP contribution in [0.5, 0.6) is 5.75 Å². The highest BCUT2D eigenvalue weighted by Crippen LogP contribution is 2.24. The Hall–Kier alpha value is -3.27. The van der Waals surface area contributed by atoms with E-state index in [0.29, 0.717) is 16.6 Å². The van der Waals surface area contributed by atoms with E-state index in [0.717, 1.165) is 17.7 Å². The van der Waals surface area contributed by atoms with Gasteiger partial charge in [0.2, 0.25) is 5.91 Å².